The molecule has 2 unspecified atom stereocenters. The van der Waals surface area contributed by atoms with E-state index >= 15 is 0 Å². The Hall–Kier alpha value is -3.49. The van der Waals surface area contributed by atoms with Gasteiger partial charge in [-0.15, -0.1) is 0 Å². The van der Waals surface area contributed by atoms with E-state index in [1.165, 1.54) is 12.1 Å². The first-order chi connectivity index (χ1) is 12.1. The molecule has 0 aliphatic carbocycles. The topological polar surface area (TPSA) is 144 Å². The third kappa shape index (κ3) is 3.61. The molecule has 136 valence electrons. The average Bonchev–Trinajstić information content (AvgIpc) is 2.60. The third-order valence-corrected chi connectivity index (χ3v) is 4.25. The number of Topliss-reactive ketones (excluding diaryl/α,β-unsaturated/α-hetero) is 1. The highest BCUT2D eigenvalue weighted by Crippen LogP contribution is 2.34. The molecule has 0 spiro atoms. The van der Waals surface area contributed by atoms with E-state index in [0.717, 1.165) is 24.3 Å². The van der Waals surface area contributed by atoms with Crippen molar-refractivity contribution in [3.8, 4) is 11.5 Å². The van der Waals surface area contributed by atoms with Gasteiger partial charge in [0.15, 0.2) is 11.5 Å². The predicted octanol–water partition coefficient (Wildman–Crippen LogP) is 3.39. The van der Waals surface area contributed by atoms with Gasteiger partial charge in [0.05, 0.1) is 9.85 Å². The van der Waals surface area contributed by atoms with Gasteiger partial charge < -0.3 is 10.2 Å². The number of rotatable bonds is 6. The Kier molecular flexibility index (Phi) is 5.20. The van der Waals surface area contributed by atoms with Crippen LogP contribution in [0.25, 0.3) is 0 Å². The maximum Gasteiger partial charge on any atom is 0.310 e. The Bertz CT molecular complexity index is 823. The molecule has 0 amide bonds. The molecule has 2 rings (SSSR count). The van der Waals surface area contributed by atoms with Crippen LogP contribution in [0.5, 0.6) is 11.5 Å². The Labute approximate surface area is 147 Å². The fourth-order valence-corrected chi connectivity index (χ4v) is 2.62. The normalized spacial score (nSPS) is 13.0. The molecule has 0 heterocycles. The molecule has 9 heteroatoms. The van der Waals surface area contributed by atoms with E-state index in [4.69, 9.17) is 0 Å². The van der Waals surface area contributed by atoms with Crippen LogP contribution < -0.4 is 0 Å². The lowest BCUT2D eigenvalue weighted by Crippen LogP contribution is -2.17. The summed E-state index contributed by atoms with van der Waals surface area (Å²) in [5.74, 6) is -2.79. The number of benzene rings is 2. The van der Waals surface area contributed by atoms with Crippen LogP contribution in [-0.4, -0.2) is 25.8 Å². The van der Waals surface area contributed by atoms with Crippen molar-refractivity contribution in [2.45, 2.75) is 25.7 Å². The third-order valence-electron chi connectivity index (χ3n) is 4.25. The lowest BCUT2D eigenvalue weighted by molar-refractivity contribution is -0.386. The molecule has 0 fully saturated rings. The van der Waals surface area contributed by atoms with Gasteiger partial charge in [-0.2, -0.15) is 0 Å². The summed E-state index contributed by atoms with van der Waals surface area (Å²) in [6.45, 7) is 3.12. The number of phenols is 2. The van der Waals surface area contributed by atoms with E-state index in [9.17, 15) is 35.2 Å². The van der Waals surface area contributed by atoms with Crippen molar-refractivity contribution < 1.29 is 24.9 Å². The van der Waals surface area contributed by atoms with E-state index < -0.39 is 44.6 Å². The molecule has 2 atom stereocenters. The maximum atomic E-state index is 12.7. The van der Waals surface area contributed by atoms with Crippen LogP contribution in [0.3, 0.4) is 0 Å². The standard InChI is InChI=1S/C17H16N2O7/c1-9(11-3-5-15(20)13(7-11)18(23)24)17(22)10(2)12-4-6-16(21)14(8-12)19(25)26/h3-10,20-21H,1-2H3. The summed E-state index contributed by atoms with van der Waals surface area (Å²) in [4.78, 5) is 33.1. The first-order valence-electron chi connectivity index (χ1n) is 7.61. The minimum absolute atomic E-state index is 0.315. The molecule has 2 aromatic rings. The van der Waals surface area contributed by atoms with Crippen LogP contribution in [0.2, 0.25) is 0 Å². The fourth-order valence-electron chi connectivity index (χ4n) is 2.62. The van der Waals surface area contributed by atoms with Crippen molar-refractivity contribution >= 4 is 17.2 Å². The second-order valence-corrected chi connectivity index (χ2v) is 5.86. The Morgan fingerprint density at radius 2 is 1.19 bits per heavy atom. The van der Waals surface area contributed by atoms with Gasteiger partial charge >= 0.3 is 11.4 Å². The second-order valence-electron chi connectivity index (χ2n) is 5.86. The van der Waals surface area contributed by atoms with Crippen molar-refractivity contribution in [3.63, 3.8) is 0 Å². The Balaban J connectivity index is 2.33. The molecule has 0 aromatic heterocycles. The summed E-state index contributed by atoms with van der Waals surface area (Å²) >= 11 is 0. The molecule has 2 aromatic carbocycles. The van der Waals surface area contributed by atoms with E-state index in [0.29, 0.717) is 11.1 Å². The molecule has 0 radical (unpaired) electrons. The minimum Gasteiger partial charge on any atom is -0.502 e. The number of nitro groups is 2. The number of hydrogen-bond donors (Lipinski definition) is 2. The molecule has 0 bridgehead atoms. The lowest BCUT2D eigenvalue weighted by atomic mass is 9.85. The summed E-state index contributed by atoms with van der Waals surface area (Å²) in [5.41, 5.74) is -0.315. The lowest BCUT2D eigenvalue weighted by Gasteiger charge is -2.17. The highest BCUT2D eigenvalue weighted by Gasteiger charge is 2.27. The molecular formula is C17H16N2O7. The van der Waals surface area contributed by atoms with Crippen LogP contribution in [0.15, 0.2) is 36.4 Å². The van der Waals surface area contributed by atoms with Crippen molar-refractivity contribution in [1.82, 2.24) is 0 Å². The number of hydrogen-bond acceptors (Lipinski definition) is 7. The maximum absolute atomic E-state index is 12.7. The zero-order valence-corrected chi connectivity index (χ0v) is 13.9. The van der Waals surface area contributed by atoms with Crippen molar-refractivity contribution in [2.24, 2.45) is 0 Å². The molecule has 26 heavy (non-hydrogen) atoms. The highest BCUT2D eigenvalue weighted by molar-refractivity contribution is 5.91. The molecule has 9 nitrogen and oxygen atoms in total. The molecule has 0 aliphatic heterocycles. The van der Waals surface area contributed by atoms with Gasteiger partial charge in [-0.3, -0.25) is 25.0 Å². The van der Waals surface area contributed by atoms with Gasteiger partial charge in [-0.25, -0.2) is 0 Å². The summed E-state index contributed by atoms with van der Waals surface area (Å²) in [5, 5.41) is 40.9. The number of ketones is 1. The van der Waals surface area contributed by atoms with Crippen molar-refractivity contribution in [2.75, 3.05) is 0 Å². The van der Waals surface area contributed by atoms with Gasteiger partial charge in [0, 0.05) is 24.0 Å². The zero-order chi connectivity index (χ0) is 19.6. The number of nitro benzene ring substituents is 2. The van der Waals surface area contributed by atoms with Crippen LogP contribution in [0, 0.1) is 20.2 Å². The van der Waals surface area contributed by atoms with Gasteiger partial charge in [-0.1, -0.05) is 26.0 Å². The molecule has 0 saturated carbocycles. The van der Waals surface area contributed by atoms with E-state index in [-0.39, 0.29) is 5.78 Å². The largest absolute Gasteiger partial charge is 0.502 e. The van der Waals surface area contributed by atoms with Crippen LogP contribution >= 0.6 is 0 Å². The monoisotopic (exact) mass is 360 g/mol. The smallest absolute Gasteiger partial charge is 0.310 e. The highest BCUT2D eigenvalue weighted by atomic mass is 16.6. The first kappa shape index (κ1) is 18.8. The summed E-state index contributed by atoms with van der Waals surface area (Å²) < 4.78 is 0. The quantitative estimate of drug-likeness (QED) is 0.593. The van der Waals surface area contributed by atoms with E-state index in [1.54, 1.807) is 13.8 Å². The Morgan fingerprint density at radius 3 is 1.50 bits per heavy atom. The number of carbonyl (C=O) groups is 1. The van der Waals surface area contributed by atoms with E-state index in [2.05, 4.69) is 0 Å². The van der Waals surface area contributed by atoms with Crippen LogP contribution in [0.4, 0.5) is 11.4 Å². The number of carbonyl (C=O) groups excluding carboxylic acids is 1. The number of nitrogens with zero attached hydrogens (tertiary/aromatic N) is 2. The van der Waals surface area contributed by atoms with Gasteiger partial charge in [0.1, 0.15) is 5.78 Å². The van der Waals surface area contributed by atoms with Crippen molar-refractivity contribution in [3.05, 3.63) is 67.8 Å². The summed E-state index contributed by atoms with van der Waals surface area (Å²) in [7, 11) is 0. The van der Waals surface area contributed by atoms with Gasteiger partial charge in [0.25, 0.3) is 0 Å². The average molecular weight is 360 g/mol. The molecular weight excluding hydrogens is 344 g/mol. The van der Waals surface area contributed by atoms with Gasteiger partial charge in [-0.05, 0) is 23.3 Å². The summed E-state index contributed by atoms with van der Waals surface area (Å²) in [6, 6.07) is 7.38. The molecule has 0 saturated heterocycles. The van der Waals surface area contributed by atoms with Crippen LogP contribution in [-0.2, 0) is 4.79 Å². The van der Waals surface area contributed by atoms with E-state index in [1.807, 2.05) is 0 Å². The number of phenolic OH excluding ortho intramolecular Hbond substituents is 2. The summed E-state index contributed by atoms with van der Waals surface area (Å²) in [6.07, 6.45) is 0. The van der Waals surface area contributed by atoms with Crippen molar-refractivity contribution in [1.29, 1.82) is 0 Å². The molecule has 2 N–H and O–H groups in total. The SMILES string of the molecule is CC(C(=O)C(C)c1ccc(O)c([N+](=O)[O-])c1)c1ccc(O)c([N+](=O)[O-])c1. The second kappa shape index (κ2) is 7.18. The minimum atomic E-state index is -0.747. The zero-order valence-electron chi connectivity index (χ0n) is 13.9. The fraction of sp³-hybridized carbons (Fsp3) is 0.235. The predicted molar refractivity (Wildman–Crippen MR) is 91.4 cm³/mol. The Morgan fingerprint density at radius 1 is 0.846 bits per heavy atom. The first-order valence-corrected chi connectivity index (χ1v) is 7.61. The molecule has 0 aliphatic rings. The number of aromatic hydroxyl groups is 2. The van der Waals surface area contributed by atoms with Crippen LogP contribution in [0.1, 0.15) is 36.8 Å². The van der Waals surface area contributed by atoms with Gasteiger partial charge in [0.2, 0.25) is 0 Å².